The lowest BCUT2D eigenvalue weighted by Gasteiger charge is -2.28. The number of aryl methyl sites for hydroxylation is 2. The van der Waals surface area contributed by atoms with E-state index in [2.05, 4.69) is 10.3 Å². The van der Waals surface area contributed by atoms with E-state index in [0.29, 0.717) is 16.9 Å². The number of morpholine rings is 1. The molecule has 1 aromatic carbocycles. The van der Waals surface area contributed by atoms with Gasteiger partial charge in [0.2, 0.25) is 21.5 Å². The van der Waals surface area contributed by atoms with Gasteiger partial charge in [-0.3, -0.25) is 4.79 Å². The molecule has 2 N–H and O–H groups in total. The Morgan fingerprint density at radius 3 is 2.50 bits per heavy atom. The largest absolute Gasteiger partial charge is 0.424 e. The highest BCUT2D eigenvalue weighted by Crippen LogP contribution is 2.43. The quantitative estimate of drug-likeness (QED) is 0.640. The van der Waals surface area contributed by atoms with E-state index < -0.39 is 39.1 Å². The van der Waals surface area contributed by atoms with Gasteiger partial charge in [-0.05, 0) is 31.5 Å². The number of amides is 1. The Labute approximate surface area is 187 Å². The van der Waals surface area contributed by atoms with Crippen LogP contribution < -0.4 is 5.32 Å². The first-order chi connectivity index (χ1) is 14.8. The first-order valence-corrected chi connectivity index (χ1v) is 11.9. The fraction of sp³-hybridized carbons (Fsp3) is 0.474. The second-order valence-corrected chi connectivity index (χ2v) is 10.1. The van der Waals surface area contributed by atoms with Crippen molar-refractivity contribution in [3.8, 4) is 0 Å². The van der Waals surface area contributed by atoms with Crippen molar-refractivity contribution < 1.29 is 36.2 Å². The fourth-order valence-corrected chi connectivity index (χ4v) is 5.73. The Bertz CT molecular complexity index is 1100. The summed E-state index contributed by atoms with van der Waals surface area (Å²) >= 11 is 0.599. The first-order valence-electron chi connectivity index (χ1n) is 9.55. The third-order valence-corrected chi connectivity index (χ3v) is 8.07. The third-order valence-electron chi connectivity index (χ3n) is 4.92. The van der Waals surface area contributed by atoms with Gasteiger partial charge in [0.05, 0.1) is 24.5 Å². The summed E-state index contributed by atoms with van der Waals surface area (Å²) in [5.41, 5.74) is -2.78. The zero-order chi connectivity index (χ0) is 23.7. The van der Waals surface area contributed by atoms with Gasteiger partial charge in [0.15, 0.2) is 0 Å². The number of hydrogen-bond acceptors (Lipinski definition) is 7. The highest BCUT2D eigenvalue weighted by atomic mass is 32.2. The summed E-state index contributed by atoms with van der Waals surface area (Å²) in [5, 5.41) is 13.3. The minimum atomic E-state index is -5.15. The standard InChI is InChI=1S/C19H22F3N3O5S2/c1-12-3-4-14(9-15(12)32(28,29)25-5-7-30-8-6-25)24-16(26)10-18(27,19(20,21)22)17-23-13(2)11-31-17/h3-4,9,11,27H,5-8,10H2,1-2H3,(H,24,26). The van der Waals surface area contributed by atoms with Crippen molar-refractivity contribution in [1.29, 1.82) is 0 Å². The number of carbonyl (C=O) groups is 1. The second kappa shape index (κ2) is 9.06. The second-order valence-electron chi connectivity index (χ2n) is 7.37. The van der Waals surface area contributed by atoms with E-state index in [1.807, 2.05) is 0 Å². The molecule has 176 valence electrons. The van der Waals surface area contributed by atoms with E-state index in [4.69, 9.17) is 4.74 Å². The first kappa shape index (κ1) is 24.6. The van der Waals surface area contributed by atoms with Crippen LogP contribution in [0.25, 0.3) is 0 Å². The molecule has 1 aliphatic heterocycles. The molecule has 0 aliphatic carbocycles. The molecular weight excluding hydrogens is 471 g/mol. The Kier molecular flexibility index (Phi) is 6.96. The molecule has 1 saturated heterocycles. The summed E-state index contributed by atoms with van der Waals surface area (Å²) < 4.78 is 73.2. The number of sulfonamides is 1. The van der Waals surface area contributed by atoms with Gasteiger partial charge in [-0.25, -0.2) is 13.4 Å². The number of nitrogens with one attached hydrogen (secondary N) is 1. The maximum Gasteiger partial charge on any atom is 0.424 e. The van der Waals surface area contributed by atoms with Crippen LogP contribution in [0.5, 0.6) is 0 Å². The van der Waals surface area contributed by atoms with E-state index in [-0.39, 0.29) is 42.6 Å². The minimum absolute atomic E-state index is 0.00715. The Hall–Kier alpha value is -2.06. The molecular formula is C19H22F3N3O5S2. The molecule has 0 spiro atoms. The summed E-state index contributed by atoms with van der Waals surface area (Å²) in [7, 11) is -3.89. The molecule has 1 atom stereocenters. The van der Waals surface area contributed by atoms with E-state index in [1.54, 1.807) is 6.92 Å². The van der Waals surface area contributed by atoms with Crippen molar-refractivity contribution in [1.82, 2.24) is 9.29 Å². The van der Waals surface area contributed by atoms with E-state index in [9.17, 15) is 31.5 Å². The predicted octanol–water partition coefficient (Wildman–Crippen LogP) is 2.56. The number of anilines is 1. The van der Waals surface area contributed by atoms with Crippen molar-refractivity contribution in [2.75, 3.05) is 31.6 Å². The average Bonchev–Trinajstić information content (AvgIpc) is 3.16. The number of thiazole rings is 1. The number of hydrogen-bond donors (Lipinski definition) is 2. The van der Waals surface area contributed by atoms with Gasteiger partial charge >= 0.3 is 6.18 Å². The molecule has 1 aromatic heterocycles. The zero-order valence-corrected chi connectivity index (χ0v) is 18.9. The average molecular weight is 494 g/mol. The maximum absolute atomic E-state index is 13.6. The Morgan fingerprint density at radius 1 is 1.28 bits per heavy atom. The summed E-state index contributed by atoms with van der Waals surface area (Å²) in [6, 6.07) is 4.02. The molecule has 32 heavy (non-hydrogen) atoms. The number of aromatic nitrogens is 1. The highest BCUT2D eigenvalue weighted by Gasteiger charge is 2.58. The molecule has 2 aromatic rings. The topological polar surface area (TPSA) is 109 Å². The Balaban J connectivity index is 1.84. The van der Waals surface area contributed by atoms with Crippen LogP contribution in [0, 0.1) is 13.8 Å². The summed E-state index contributed by atoms with van der Waals surface area (Å²) in [6.07, 6.45) is -6.48. The van der Waals surface area contributed by atoms with Crippen LogP contribution in [-0.4, -0.2) is 61.2 Å². The van der Waals surface area contributed by atoms with Gasteiger partial charge in [-0.15, -0.1) is 11.3 Å². The maximum atomic E-state index is 13.6. The van der Waals surface area contributed by atoms with E-state index in [1.165, 1.54) is 34.8 Å². The van der Waals surface area contributed by atoms with Crippen molar-refractivity contribution in [3.63, 3.8) is 0 Å². The minimum Gasteiger partial charge on any atom is -0.379 e. The monoisotopic (exact) mass is 493 g/mol. The van der Waals surface area contributed by atoms with Crippen LogP contribution in [0.15, 0.2) is 28.5 Å². The number of benzene rings is 1. The number of alkyl halides is 3. The van der Waals surface area contributed by atoms with Gasteiger partial charge in [0.25, 0.3) is 0 Å². The van der Waals surface area contributed by atoms with Crippen LogP contribution >= 0.6 is 11.3 Å². The molecule has 0 radical (unpaired) electrons. The van der Waals surface area contributed by atoms with Crippen LogP contribution in [0.2, 0.25) is 0 Å². The van der Waals surface area contributed by atoms with Crippen molar-refractivity contribution in [2.45, 2.75) is 36.9 Å². The SMILES string of the molecule is Cc1csc(C(O)(CC(=O)Nc2ccc(C)c(S(=O)(=O)N3CCOCC3)c2)C(F)(F)F)n1. The number of ether oxygens (including phenoxy) is 1. The fourth-order valence-electron chi connectivity index (χ4n) is 3.16. The van der Waals surface area contributed by atoms with Gasteiger partial charge in [-0.1, -0.05) is 6.07 Å². The van der Waals surface area contributed by atoms with Crippen LogP contribution in [0.3, 0.4) is 0 Å². The highest BCUT2D eigenvalue weighted by molar-refractivity contribution is 7.89. The third kappa shape index (κ3) is 4.96. The number of aliphatic hydroxyl groups is 1. The van der Waals surface area contributed by atoms with E-state index in [0.717, 1.165) is 0 Å². The summed E-state index contributed by atoms with van der Waals surface area (Å²) in [5.74, 6) is -1.14. The molecule has 2 heterocycles. The summed E-state index contributed by atoms with van der Waals surface area (Å²) in [4.78, 5) is 16.1. The number of nitrogens with zero attached hydrogens (tertiary/aromatic N) is 2. The predicted molar refractivity (Wildman–Crippen MR) is 111 cm³/mol. The Morgan fingerprint density at radius 2 is 1.94 bits per heavy atom. The lowest BCUT2D eigenvalue weighted by atomic mass is 9.99. The molecule has 13 heteroatoms. The van der Waals surface area contributed by atoms with E-state index >= 15 is 0 Å². The summed E-state index contributed by atoms with van der Waals surface area (Å²) in [6.45, 7) is 3.89. The molecule has 1 aliphatic rings. The molecule has 1 fully saturated rings. The van der Waals surface area contributed by atoms with Gasteiger partial charge < -0.3 is 15.2 Å². The normalized spacial score (nSPS) is 17.7. The molecule has 8 nitrogen and oxygen atoms in total. The molecule has 1 amide bonds. The van der Waals surface area contributed by atoms with Crippen molar-refractivity contribution in [2.24, 2.45) is 0 Å². The van der Waals surface area contributed by atoms with Crippen molar-refractivity contribution in [3.05, 3.63) is 39.8 Å². The molecule has 3 rings (SSSR count). The number of rotatable bonds is 6. The lowest BCUT2D eigenvalue weighted by Crippen LogP contribution is -2.45. The number of halogens is 3. The smallest absolute Gasteiger partial charge is 0.379 e. The van der Waals surface area contributed by atoms with Gasteiger partial charge in [0.1, 0.15) is 5.01 Å². The lowest BCUT2D eigenvalue weighted by molar-refractivity contribution is -0.266. The van der Waals surface area contributed by atoms with Gasteiger partial charge in [-0.2, -0.15) is 17.5 Å². The molecule has 1 unspecified atom stereocenters. The molecule has 0 bridgehead atoms. The van der Waals surface area contributed by atoms with Crippen LogP contribution in [0.4, 0.5) is 18.9 Å². The van der Waals surface area contributed by atoms with Gasteiger partial charge in [0, 0.05) is 29.9 Å². The van der Waals surface area contributed by atoms with Crippen LogP contribution in [-0.2, 0) is 25.2 Å². The number of carbonyl (C=O) groups excluding carboxylic acids is 1. The molecule has 0 saturated carbocycles. The van der Waals surface area contributed by atoms with Crippen molar-refractivity contribution >= 4 is 33.0 Å². The zero-order valence-electron chi connectivity index (χ0n) is 17.3. The van der Waals surface area contributed by atoms with Crippen LogP contribution in [0.1, 0.15) is 22.7 Å².